The molecule has 2 aliphatic carbocycles. The molecule has 1 aromatic carbocycles. The van der Waals surface area contributed by atoms with Crippen LogP contribution in [0.3, 0.4) is 0 Å². The second kappa shape index (κ2) is 4.52. The van der Waals surface area contributed by atoms with E-state index in [2.05, 4.69) is 60.6 Å². The van der Waals surface area contributed by atoms with Crippen LogP contribution in [0.4, 0.5) is 0 Å². The Bertz CT molecular complexity index is 609. The van der Waals surface area contributed by atoms with Gasteiger partial charge in [-0.05, 0) is 65.4 Å². The summed E-state index contributed by atoms with van der Waals surface area (Å²) in [5.74, 6) is 1.80. The number of aryl methyl sites for hydroxylation is 1. The maximum absolute atomic E-state index is 11.0. The molecule has 2 bridgehead atoms. The van der Waals surface area contributed by atoms with Crippen LogP contribution >= 0.6 is 0 Å². The van der Waals surface area contributed by atoms with Gasteiger partial charge in [0.15, 0.2) is 0 Å². The molecule has 4 unspecified atom stereocenters. The van der Waals surface area contributed by atoms with Gasteiger partial charge in [-0.25, -0.2) is 0 Å². The molecule has 22 heavy (non-hydrogen) atoms. The monoisotopic (exact) mass is 300 g/mol. The van der Waals surface area contributed by atoms with Gasteiger partial charge in [0.05, 0.1) is 0 Å². The first-order valence-corrected chi connectivity index (χ1v) is 8.83. The highest BCUT2D eigenvalue weighted by Crippen LogP contribution is 2.71. The Morgan fingerprint density at radius 1 is 1.14 bits per heavy atom. The van der Waals surface area contributed by atoms with Gasteiger partial charge >= 0.3 is 0 Å². The third-order valence-corrected chi connectivity index (χ3v) is 7.20. The molecular formula is C21H32O. The number of phenolic OH excluding ortho intramolecular Hbond substituents is 1. The number of fused-ring (bicyclic) bond motifs is 2. The van der Waals surface area contributed by atoms with Crippen molar-refractivity contribution >= 4 is 0 Å². The van der Waals surface area contributed by atoms with Crippen LogP contribution in [-0.4, -0.2) is 5.11 Å². The summed E-state index contributed by atoms with van der Waals surface area (Å²) in [6.45, 7) is 16.1. The summed E-state index contributed by atoms with van der Waals surface area (Å²) >= 11 is 0. The van der Waals surface area contributed by atoms with E-state index in [1.807, 2.05) is 0 Å². The Hall–Kier alpha value is -0.980. The van der Waals surface area contributed by atoms with E-state index in [1.165, 1.54) is 30.4 Å². The molecule has 2 aliphatic rings. The number of aromatic hydroxyl groups is 1. The van der Waals surface area contributed by atoms with Gasteiger partial charge in [0.2, 0.25) is 0 Å². The van der Waals surface area contributed by atoms with Gasteiger partial charge in [-0.15, -0.1) is 0 Å². The summed E-state index contributed by atoms with van der Waals surface area (Å²) in [6.07, 6.45) is 3.87. The van der Waals surface area contributed by atoms with E-state index in [0.29, 0.717) is 22.5 Å². The fourth-order valence-electron chi connectivity index (χ4n) is 5.35. The summed E-state index contributed by atoms with van der Waals surface area (Å²) < 4.78 is 0. The van der Waals surface area contributed by atoms with E-state index >= 15 is 0 Å². The van der Waals surface area contributed by atoms with Crippen LogP contribution in [0.15, 0.2) is 12.1 Å². The lowest BCUT2D eigenvalue weighted by atomic mass is 9.69. The van der Waals surface area contributed by atoms with Crippen molar-refractivity contribution in [1.29, 1.82) is 0 Å². The first-order chi connectivity index (χ1) is 9.99. The van der Waals surface area contributed by atoms with Crippen LogP contribution in [0, 0.1) is 23.7 Å². The van der Waals surface area contributed by atoms with Gasteiger partial charge in [-0.2, -0.15) is 0 Å². The molecule has 0 saturated heterocycles. The zero-order chi connectivity index (χ0) is 16.5. The van der Waals surface area contributed by atoms with Crippen molar-refractivity contribution in [3.63, 3.8) is 0 Å². The van der Waals surface area contributed by atoms with Crippen LogP contribution in [0.25, 0.3) is 0 Å². The highest BCUT2D eigenvalue weighted by atomic mass is 16.3. The maximum atomic E-state index is 11.0. The van der Waals surface area contributed by atoms with Crippen molar-refractivity contribution in [2.45, 2.75) is 79.1 Å². The average molecular weight is 300 g/mol. The van der Waals surface area contributed by atoms with Crippen LogP contribution in [-0.2, 0) is 5.41 Å². The highest BCUT2D eigenvalue weighted by molar-refractivity contribution is 5.50. The Balaban J connectivity index is 2.13. The summed E-state index contributed by atoms with van der Waals surface area (Å²) in [5, 5.41) is 11.0. The van der Waals surface area contributed by atoms with Gasteiger partial charge in [0.25, 0.3) is 0 Å². The lowest BCUT2D eigenvalue weighted by Gasteiger charge is -2.36. The Labute approximate surface area is 136 Å². The van der Waals surface area contributed by atoms with Gasteiger partial charge in [-0.1, -0.05) is 59.2 Å². The molecule has 3 rings (SSSR count). The number of hydrogen-bond donors (Lipinski definition) is 1. The predicted molar refractivity (Wildman–Crippen MR) is 93.5 cm³/mol. The second-order valence-corrected chi connectivity index (χ2v) is 9.64. The largest absolute Gasteiger partial charge is 0.507 e. The molecule has 2 fully saturated rings. The molecule has 1 N–H and O–H groups in total. The number of hydrogen-bond acceptors (Lipinski definition) is 1. The van der Waals surface area contributed by atoms with E-state index in [-0.39, 0.29) is 5.41 Å². The van der Waals surface area contributed by atoms with E-state index in [9.17, 15) is 5.11 Å². The lowest BCUT2D eigenvalue weighted by Crippen LogP contribution is -2.24. The molecule has 4 atom stereocenters. The fraction of sp³-hybridized carbons (Fsp3) is 0.714. The number of phenols is 1. The smallest absolute Gasteiger partial charge is 0.122 e. The van der Waals surface area contributed by atoms with Crippen molar-refractivity contribution < 1.29 is 5.11 Å². The first kappa shape index (κ1) is 15.9. The molecule has 0 heterocycles. The number of benzene rings is 1. The maximum Gasteiger partial charge on any atom is 0.122 e. The van der Waals surface area contributed by atoms with Crippen molar-refractivity contribution in [3.8, 4) is 5.75 Å². The molecule has 1 aromatic rings. The van der Waals surface area contributed by atoms with Crippen LogP contribution in [0.5, 0.6) is 5.75 Å². The second-order valence-electron chi connectivity index (χ2n) is 9.64. The first-order valence-electron chi connectivity index (χ1n) is 8.83. The Morgan fingerprint density at radius 2 is 1.77 bits per heavy atom. The van der Waals surface area contributed by atoms with Crippen molar-refractivity contribution in [1.82, 2.24) is 0 Å². The highest BCUT2D eigenvalue weighted by Gasteiger charge is 2.61. The van der Waals surface area contributed by atoms with E-state index < -0.39 is 0 Å². The zero-order valence-electron chi connectivity index (χ0n) is 15.4. The Kier molecular flexibility index (Phi) is 3.27. The minimum atomic E-state index is -0.0150. The molecule has 1 nitrogen and oxygen atoms in total. The SMILES string of the molecule is Cc1cc(C2CC3(C)CCC2(C)C3C)c(O)c(C(C)(C)C)c1. The summed E-state index contributed by atoms with van der Waals surface area (Å²) in [5.41, 5.74) is 4.38. The molecule has 0 spiro atoms. The molecule has 0 amide bonds. The van der Waals surface area contributed by atoms with E-state index in [1.54, 1.807) is 0 Å². The number of rotatable bonds is 1. The summed E-state index contributed by atoms with van der Waals surface area (Å²) in [6, 6.07) is 4.41. The lowest BCUT2D eigenvalue weighted by molar-refractivity contribution is 0.223. The minimum absolute atomic E-state index is 0.0150. The molecule has 0 aliphatic heterocycles. The minimum Gasteiger partial charge on any atom is -0.507 e. The molecule has 0 aromatic heterocycles. The molecule has 2 saturated carbocycles. The van der Waals surface area contributed by atoms with Gasteiger partial charge in [-0.3, -0.25) is 0 Å². The fourth-order valence-corrected chi connectivity index (χ4v) is 5.35. The predicted octanol–water partition coefficient (Wildman–Crippen LogP) is 5.93. The quantitative estimate of drug-likeness (QED) is 0.681. The van der Waals surface area contributed by atoms with Gasteiger partial charge in [0.1, 0.15) is 5.75 Å². The van der Waals surface area contributed by atoms with Crippen LogP contribution < -0.4 is 0 Å². The van der Waals surface area contributed by atoms with Crippen molar-refractivity contribution in [2.24, 2.45) is 16.7 Å². The molecular weight excluding hydrogens is 268 g/mol. The van der Waals surface area contributed by atoms with E-state index in [4.69, 9.17) is 0 Å². The summed E-state index contributed by atoms with van der Waals surface area (Å²) in [7, 11) is 0. The van der Waals surface area contributed by atoms with Gasteiger partial charge in [0, 0.05) is 0 Å². The van der Waals surface area contributed by atoms with Crippen molar-refractivity contribution in [3.05, 3.63) is 28.8 Å². The van der Waals surface area contributed by atoms with Gasteiger partial charge < -0.3 is 5.11 Å². The standard InChI is InChI=1S/C21H32O/c1-13-10-15(18(22)16(11-13)19(3,4)5)17-12-20(6)8-9-21(17,7)14(20)2/h10-11,14,17,22H,8-9,12H2,1-7H3. The van der Waals surface area contributed by atoms with Crippen LogP contribution in [0.1, 0.15) is 83.4 Å². The normalized spacial score (nSPS) is 37.8. The summed E-state index contributed by atoms with van der Waals surface area (Å²) in [4.78, 5) is 0. The third kappa shape index (κ3) is 2.04. The third-order valence-electron chi connectivity index (χ3n) is 7.20. The molecule has 122 valence electrons. The van der Waals surface area contributed by atoms with Crippen LogP contribution in [0.2, 0.25) is 0 Å². The topological polar surface area (TPSA) is 20.2 Å². The molecule has 1 heteroatoms. The van der Waals surface area contributed by atoms with E-state index in [0.717, 1.165) is 11.5 Å². The zero-order valence-corrected chi connectivity index (χ0v) is 15.4. The Morgan fingerprint density at radius 3 is 2.23 bits per heavy atom. The average Bonchev–Trinajstić information content (AvgIpc) is 2.74. The van der Waals surface area contributed by atoms with Crippen molar-refractivity contribution in [2.75, 3.05) is 0 Å². The molecule has 0 radical (unpaired) electrons.